The number of ether oxygens (including phenoxy) is 2. The molecule has 0 aliphatic heterocycles. The quantitative estimate of drug-likeness (QED) is 0.318. The lowest BCUT2D eigenvalue weighted by molar-refractivity contribution is -0.184. The lowest BCUT2D eigenvalue weighted by Crippen LogP contribution is -2.54. The first kappa shape index (κ1) is 18.9. The van der Waals surface area contributed by atoms with Crippen LogP contribution in [0.4, 0.5) is 0 Å². The fourth-order valence-corrected chi connectivity index (χ4v) is 2.87. The molecule has 0 spiro atoms. The second-order valence-electron chi connectivity index (χ2n) is 3.91. The number of rotatable bonds is 7. The van der Waals surface area contributed by atoms with Gasteiger partial charge in [0.15, 0.2) is 0 Å². The van der Waals surface area contributed by atoms with Gasteiger partial charge in [0.25, 0.3) is 5.60 Å². The number of carbonyl (C=O) groups is 2. The van der Waals surface area contributed by atoms with Crippen molar-refractivity contribution < 1.29 is 28.5 Å². The summed E-state index contributed by atoms with van der Waals surface area (Å²) in [4.78, 5) is 33.7. The van der Waals surface area contributed by atoms with Gasteiger partial charge in [-0.15, -0.1) is 0 Å². The maximum atomic E-state index is 12.1. The molecule has 0 aliphatic carbocycles. The summed E-state index contributed by atoms with van der Waals surface area (Å²) in [5, 5.41) is 0. The second-order valence-corrected chi connectivity index (χ2v) is 9.00. The van der Waals surface area contributed by atoms with E-state index < -0.39 is 29.2 Å². The van der Waals surface area contributed by atoms with Crippen LogP contribution in [-0.2, 0) is 35.4 Å². The molecule has 0 amide bonds. The van der Waals surface area contributed by atoms with E-state index in [1.165, 1.54) is 0 Å². The van der Waals surface area contributed by atoms with Crippen molar-refractivity contribution in [2.45, 2.75) is 33.3 Å². The standard InChI is InChI=1S/C10H19O6PS2/c1-5-14-8(11)10(7(3)4,9(12)15-6-2)16-17(13,18)19/h7H,5-6H2,1-4H3,(H2,13,18,19). The molecule has 0 aliphatic rings. The van der Waals surface area contributed by atoms with E-state index in [1.54, 1.807) is 27.7 Å². The van der Waals surface area contributed by atoms with Gasteiger partial charge in [-0.3, -0.25) is 4.52 Å². The van der Waals surface area contributed by atoms with E-state index in [4.69, 9.17) is 14.0 Å². The second kappa shape index (κ2) is 7.59. The van der Waals surface area contributed by atoms with Crippen LogP contribution < -0.4 is 0 Å². The van der Waals surface area contributed by atoms with Crippen LogP contribution in [-0.4, -0.2) is 35.6 Å². The lowest BCUT2D eigenvalue weighted by Gasteiger charge is -2.33. The van der Waals surface area contributed by atoms with Crippen molar-refractivity contribution in [3.05, 3.63) is 0 Å². The molecular weight excluding hydrogens is 311 g/mol. The molecule has 6 nitrogen and oxygen atoms in total. The van der Waals surface area contributed by atoms with Gasteiger partial charge in [0.05, 0.1) is 13.2 Å². The zero-order valence-electron chi connectivity index (χ0n) is 11.3. The zero-order valence-corrected chi connectivity index (χ0v) is 13.9. The third-order valence-corrected chi connectivity index (χ3v) is 3.23. The third kappa shape index (κ3) is 5.04. The van der Waals surface area contributed by atoms with Crippen molar-refractivity contribution in [2.24, 2.45) is 5.92 Å². The molecule has 0 rings (SSSR count). The monoisotopic (exact) mass is 330 g/mol. The van der Waals surface area contributed by atoms with Crippen LogP contribution in [0.5, 0.6) is 0 Å². The van der Waals surface area contributed by atoms with Gasteiger partial charge in [-0.1, -0.05) is 26.1 Å². The normalized spacial score (nSPS) is 14.9. The first-order valence-electron chi connectivity index (χ1n) is 5.72. The predicted molar refractivity (Wildman–Crippen MR) is 77.4 cm³/mol. The smallest absolute Gasteiger partial charge is 0.351 e. The van der Waals surface area contributed by atoms with Crippen LogP contribution in [0.1, 0.15) is 27.7 Å². The maximum absolute atomic E-state index is 12.1. The fourth-order valence-electron chi connectivity index (χ4n) is 1.40. The number of carbonyl (C=O) groups excluding carboxylic acids is 2. The number of hydrogen-bond donors (Lipinski definition) is 2. The Morgan fingerprint density at radius 2 is 1.63 bits per heavy atom. The van der Waals surface area contributed by atoms with Crippen molar-refractivity contribution >= 4 is 41.7 Å². The van der Waals surface area contributed by atoms with Gasteiger partial charge in [0.2, 0.25) is 5.69 Å². The third-order valence-electron chi connectivity index (χ3n) is 2.23. The van der Waals surface area contributed by atoms with Crippen LogP contribution in [0.3, 0.4) is 0 Å². The Balaban J connectivity index is 5.67. The summed E-state index contributed by atoms with van der Waals surface area (Å²) in [6, 6.07) is 0. The van der Waals surface area contributed by atoms with Crippen molar-refractivity contribution in [1.82, 2.24) is 0 Å². The largest absolute Gasteiger partial charge is 0.463 e. The highest BCUT2D eigenvalue weighted by molar-refractivity contribution is 8.59. The Labute approximate surface area is 123 Å². The summed E-state index contributed by atoms with van der Waals surface area (Å²) in [6.07, 6.45) is 0. The molecule has 1 N–H and O–H groups in total. The molecule has 112 valence electrons. The van der Waals surface area contributed by atoms with Gasteiger partial charge in [-0.05, 0) is 25.7 Å². The Morgan fingerprint density at radius 1 is 1.26 bits per heavy atom. The molecule has 0 saturated heterocycles. The van der Waals surface area contributed by atoms with Gasteiger partial charge < -0.3 is 14.4 Å². The molecule has 0 saturated carbocycles. The number of esters is 2. The van der Waals surface area contributed by atoms with Crippen molar-refractivity contribution in [3.8, 4) is 0 Å². The van der Waals surface area contributed by atoms with E-state index in [1.807, 2.05) is 0 Å². The predicted octanol–water partition coefficient (Wildman–Crippen LogP) is 1.67. The molecule has 0 aromatic rings. The highest BCUT2D eigenvalue weighted by Gasteiger charge is 2.55. The van der Waals surface area contributed by atoms with Crippen LogP contribution in [0.2, 0.25) is 0 Å². The molecule has 0 bridgehead atoms. The zero-order chi connectivity index (χ0) is 15.3. The van der Waals surface area contributed by atoms with Crippen LogP contribution in [0.25, 0.3) is 0 Å². The lowest BCUT2D eigenvalue weighted by atomic mass is 9.90. The van der Waals surface area contributed by atoms with Gasteiger partial charge in [0, 0.05) is 5.92 Å². The summed E-state index contributed by atoms with van der Waals surface area (Å²) in [5.74, 6) is -2.53. The van der Waals surface area contributed by atoms with E-state index in [0.29, 0.717) is 0 Å². The minimum atomic E-state index is -3.57. The Morgan fingerprint density at radius 3 is 1.84 bits per heavy atom. The minimum Gasteiger partial charge on any atom is -0.463 e. The first-order chi connectivity index (χ1) is 8.61. The fraction of sp³-hybridized carbons (Fsp3) is 0.800. The average Bonchev–Trinajstić information content (AvgIpc) is 2.24. The molecule has 1 atom stereocenters. The number of hydrogen-bond acceptors (Lipinski definition) is 6. The molecule has 0 fully saturated rings. The first-order valence-corrected chi connectivity index (χ1v) is 9.55. The van der Waals surface area contributed by atoms with Crippen LogP contribution in [0.15, 0.2) is 0 Å². The maximum Gasteiger partial charge on any atom is 0.351 e. The highest BCUT2D eigenvalue weighted by atomic mass is 32.9. The summed E-state index contributed by atoms with van der Waals surface area (Å²) in [7, 11) is 0. The van der Waals surface area contributed by atoms with Gasteiger partial charge >= 0.3 is 11.9 Å². The Hall–Kier alpha value is -0.140. The molecule has 19 heavy (non-hydrogen) atoms. The topological polar surface area (TPSA) is 82.1 Å². The van der Waals surface area contributed by atoms with Crippen molar-refractivity contribution in [3.63, 3.8) is 0 Å². The molecule has 0 aromatic heterocycles. The van der Waals surface area contributed by atoms with E-state index in [-0.39, 0.29) is 13.2 Å². The van der Waals surface area contributed by atoms with Crippen molar-refractivity contribution in [2.75, 3.05) is 13.2 Å². The number of thiol groups is 1. The SMILES string of the molecule is CCOC(=O)C(OP(O)(=S)S)(C(=O)OCC)C(C)C. The summed E-state index contributed by atoms with van der Waals surface area (Å²) in [6.45, 7) is 6.40. The molecule has 9 heteroatoms. The van der Waals surface area contributed by atoms with Crippen LogP contribution >= 0.6 is 17.9 Å². The van der Waals surface area contributed by atoms with E-state index in [2.05, 4.69) is 24.1 Å². The highest BCUT2D eigenvalue weighted by Crippen LogP contribution is 2.53. The molecular formula is C10H19O6PS2. The van der Waals surface area contributed by atoms with Gasteiger partial charge in [-0.2, -0.15) is 0 Å². The minimum absolute atomic E-state index is 0.0525. The average molecular weight is 330 g/mol. The van der Waals surface area contributed by atoms with Crippen LogP contribution in [0, 0.1) is 5.92 Å². The van der Waals surface area contributed by atoms with Gasteiger partial charge in [0.1, 0.15) is 0 Å². The molecule has 0 aromatic carbocycles. The molecule has 0 radical (unpaired) electrons. The van der Waals surface area contributed by atoms with Gasteiger partial charge in [-0.25, -0.2) is 9.59 Å². The molecule has 1 unspecified atom stereocenters. The van der Waals surface area contributed by atoms with E-state index in [9.17, 15) is 14.5 Å². The van der Waals surface area contributed by atoms with Crippen molar-refractivity contribution in [1.29, 1.82) is 0 Å². The Kier molecular flexibility index (Phi) is 7.54. The Bertz CT molecular complexity index is 360. The summed E-state index contributed by atoms with van der Waals surface area (Å²) >= 11 is 8.36. The van der Waals surface area contributed by atoms with E-state index >= 15 is 0 Å². The van der Waals surface area contributed by atoms with E-state index in [0.717, 1.165) is 0 Å². The molecule has 0 heterocycles. The summed E-state index contributed by atoms with van der Waals surface area (Å²) < 4.78 is 14.8. The summed E-state index contributed by atoms with van der Waals surface area (Å²) in [5.41, 5.74) is -5.67.